The number of amides is 1. The molecule has 0 aromatic rings. The minimum absolute atomic E-state index is 0.0243. The number of allylic oxidation sites excluding steroid dienone is 23. The number of phosphoric acid groups is 1. The van der Waals surface area contributed by atoms with Crippen LogP contribution in [0.25, 0.3) is 0 Å². The number of likely N-dealkylation sites (N-methyl/N-ethyl adjacent to an activating group) is 1. The minimum Gasteiger partial charge on any atom is -0.756 e. The van der Waals surface area contributed by atoms with Crippen LogP contribution in [0.5, 0.6) is 0 Å². The number of nitrogens with zero attached hydrogens (tertiary/aromatic N) is 1. The Bertz CT molecular complexity index is 1780. The number of carbonyl (C=O) groups is 1. The summed E-state index contributed by atoms with van der Waals surface area (Å²) in [5, 5.41) is 13.9. The van der Waals surface area contributed by atoms with Gasteiger partial charge in [0.2, 0.25) is 5.91 Å². The Balaban J connectivity index is 4.37. The first-order chi connectivity index (χ1) is 38.0. The largest absolute Gasteiger partial charge is 0.756 e. The van der Waals surface area contributed by atoms with Crippen LogP contribution in [0.2, 0.25) is 0 Å². The van der Waals surface area contributed by atoms with Gasteiger partial charge in [-0.1, -0.05) is 256 Å². The number of carbonyl (C=O) groups excluding carboxylic acids is 1. The van der Waals surface area contributed by atoms with Crippen molar-refractivity contribution in [3.05, 3.63) is 146 Å². The second-order valence-corrected chi connectivity index (χ2v) is 23.1. The van der Waals surface area contributed by atoms with Crippen molar-refractivity contribution in [2.24, 2.45) is 0 Å². The van der Waals surface area contributed by atoms with Gasteiger partial charge in [0.15, 0.2) is 0 Å². The molecule has 9 heteroatoms. The number of hydrogen-bond acceptors (Lipinski definition) is 6. The molecule has 0 rings (SSSR count). The number of quaternary nitrogens is 1. The molecular formula is C69H117N2O6P. The van der Waals surface area contributed by atoms with Crippen LogP contribution in [0.1, 0.15) is 232 Å². The molecule has 0 radical (unpaired) electrons. The van der Waals surface area contributed by atoms with E-state index in [9.17, 15) is 19.4 Å². The van der Waals surface area contributed by atoms with Gasteiger partial charge in [-0.15, -0.1) is 0 Å². The van der Waals surface area contributed by atoms with Gasteiger partial charge in [-0.3, -0.25) is 9.36 Å². The van der Waals surface area contributed by atoms with E-state index in [4.69, 9.17) is 9.05 Å². The highest BCUT2D eigenvalue weighted by atomic mass is 31.2. The number of nitrogens with one attached hydrogen (secondary N) is 1. The van der Waals surface area contributed by atoms with Gasteiger partial charge in [0.1, 0.15) is 13.2 Å². The number of phosphoric ester groups is 1. The van der Waals surface area contributed by atoms with E-state index in [1.54, 1.807) is 6.08 Å². The van der Waals surface area contributed by atoms with Crippen LogP contribution >= 0.6 is 7.82 Å². The fourth-order valence-corrected chi connectivity index (χ4v) is 8.90. The van der Waals surface area contributed by atoms with Crippen LogP contribution in [0.15, 0.2) is 146 Å². The van der Waals surface area contributed by atoms with E-state index in [-0.39, 0.29) is 18.9 Å². The van der Waals surface area contributed by atoms with Crippen LogP contribution in [0.4, 0.5) is 0 Å². The Hall–Kier alpha value is -3.62. The maximum absolute atomic E-state index is 13.0. The fourth-order valence-electron chi connectivity index (χ4n) is 8.18. The van der Waals surface area contributed by atoms with Crippen LogP contribution in [0, 0.1) is 0 Å². The standard InChI is InChI=1S/C69H117N2O6P/c1-6-8-10-12-14-16-18-20-22-24-26-28-30-32-33-34-35-36-37-39-41-43-45-47-49-51-53-55-57-59-61-63-69(73)70-67(66-77-78(74,75)76-65-64-71(3,4)5)68(72)62-60-58-56-54-52-50-48-46-44-42-40-38-31-29-27-25-23-21-19-17-15-13-11-9-7-2/h8,10,14,16,20,22,26,28,32-33,35-36,39,41,44-47,51-54,60,62,67-68,72H,6-7,9,11-13,15,17-19,21,23-25,27,29-31,34,37-38,40,42-43,48-50,55-59,61,63-66H2,1-5H3,(H-,70,73,74,75)/b10-8-,16-14-,22-20-,28-26-,33-32-,36-35-,41-39-,46-44+,47-45-,53-51-,54-52+,62-60+. The van der Waals surface area contributed by atoms with Gasteiger partial charge in [0.25, 0.3) is 7.82 Å². The van der Waals surface area contributed by atoms with Crippen molar-refractivity contribution in [2.75, 3.05) is 40.9 Å². The van der Waals surface area contributed by atoms with E-state index in [0.717, 1.165) is 96.3 Å². The van der Waals surface area contributed by atoms with E-state index >= 15 is 0 Å². The first kappa shape index (κ1) is 74.4. The summed E-state index contributed by atoms with van der Waals surface area (Å²) in [6, 6.07) is -0.941. The molecule has 0 aromatic heterocycles. The Morgan fingerprint density at radius 3 is 1.19 bits per heavy atom. The highest BCUT2D eigenvalue weighted by Gasteiger charge is 2.23. The minimum atomic E-state index is -4.63. The van der Waals surface area contributed by atoms with Gasteiger partial charge in [-0.05, 0) is 116 Å². The number of rotatable bonds is 55. The highest BCUT2D eigenvalue weighted by molar-refractivity contribution is 7.45. The average molecular weight is 1100 g/mol. The molecule has 0 aliphatic heterocycles. The maximum atomic E-state index is 13.0. The molecule has 3 unspecified atom stereocenters. The van der Waals surface area contributed by atoms with E-state index in [1.807, 2.05) is 27.2 Å². The summed E-state index contributed by atoms with van der Waals surface area (Å²) < 4.78 is 23.3. The van der Waals surface area contributed by atoms with Crippen LogP contribution in [-0.2, 0) is 18.4 Å². The molecule has 1 amide bonds. The summed E-state index contributed by atoms with van der Waals surface area (Å²) in [7, 11) is 1.19. The number of hydrogen-bond donors (Lipinski definition) is 2. The SMILES string of the molecule is CC/C=C\C/C=C\C/C=C\C/C=C\C/C=C\C/C=C\C/C=C\C/C=C\C/C=C\CCCCCC(=O)NC(COP(=O)([O-])OCC[N+](C)(C)C)C(O)/C=C/CC/C=C/CC/C=C/CCCCCCCCCCCCCCCCC. The molecule has 8 nitrogen and oxygen atoms in total. The molecule has 2 N–H and O–H groups in total. The number of aliphatic hydroxyl groups excluding tert-OH is 1. The quantitative estimate of drug-likeness (QED) is 0.0272. The average Bonchev–Trinajstić information content (AvgIpc) is 3.41. The normalized spacial score (nSPS) is 14.8. The summed E-state index contributed by atoms with van der Waals surface area (Å²) in [6.45, 7) is 4.47. The van der Waals surface area contributed by atoms with Crippen LogP contribution < -0.4 is 10.2 Å². The first-order valence-electron chi connectivity index (χ1n) is 31.2. The van der Waals surface area contributed by atoms with E-state index in [0.29, 0.717) is 23.9 Å². The third-order valence-electron chi connectivity index (χ3n) is 13.0. The zero-order chi connectivity index (χ0) is 57.0. The molecule has 0 saturated carbocycles. The molecule has 0 saturated heterocycles. The molecule has 0 fully saturated rings. The molecule has 0 aliphatic rings. The summed E-state index contributed by atoms with van der Waals surface area (Å²) in [5.74, 6) is -0.249. The van der Waals surface area contributed by atoms with Crippen molar-refractivity contribution in [1.82, 2.24) is 5.32 Å². The Kier molecular flexibility index (Phi) is 55.4. The van der Waals surface area contributed by atoms with E-state index in [2.05, 4.69) is 153 Å². The van der Waals surface area contributed by atoms with Crippen LogP contribution in [0.3, 0.4) is 0 Å². The molecule has 3 atom stereocenters. The molecule has 0 spiro atoms. The van der Waals surface area contributed by atoms with Crippen molar-refractivity contribution in [1.29, 1.82) is 0 Å². The van der Waals surface area contributed by atoms with Crippen molar-refractivity contribution >= 4 is 13.7 Å². The molecule has 78 heavy (non-hydrogen) atoms. The van der Waals surface area contributed by atoms with Gasteiger partial charge in [-0.25, -0.2) is 0 Å². The van der Waals surface area contributed by atoms with Gasteiger partial charge >= 0.3 is 0 Å². The van der Waals surface area contributed by atoms with Gasteiger partial charge in [0.05, 0.1) is 39.9 Å². The summed E-state index contributed by atoms with van der Waals surface area (Å²) in [6.07, 6.45) is 89.4. The second kappa shape index (κ2) is 58.0. The number of aliphatic hydroxyl groups is 1. The zero-order valence-corrected chi connectivity index (χ0v) is 51.5. The molecule has 0 aromatic carbocycles. The smallest absolute Gasteiger partial charge is 0.268 e. The number of unbranched alkanes of at least 4 members (excludes halogenated alkanes) is 20. The molecule has 0 heterocycles. The summed E-state index contributed by atoms with van der Waals surface area (Å²) in [4.78, 5) is 25.5. The lowest BCUT2D eigenvalue weighted by Gasteiger charge is -2.29. The van der Waals surface area contributed by atoms with Gasteiger partial charge < -0.3 is 28.8 Å². The third kappa shape index (κ3) is 60.0. The van der Waals surface area contributed by atoms with Crippen molar-refractivity contribution in [3.63, 3.8) is 0 Å². The second-order valence-electron chi connectivity index (χ2n) is 21.7. The van der Waals surface area contributed by atoms with Gasteiger partial charge in [0, 0.05) is 6.42 Å². The Morgan fingerprint density at radius 2 is 0.795 bits per heavy atom. The topological polar surface area (TPSA) is 108 Å². The predicted molar refractivity (Wildman–Crippen MR) is 338 cm³/mol. The maximum Gasteiger partial charge on any atom is 0.268 e. The van der Waals surface area contributed by atoms with Gasteiger partial charge in [-0.2, -0.15) is 0 Å². The Morgan fingerprint density at radius 1 is 0.462 bits per heavy atom. The van der Waals surface area contributed by atoms with Crippen molar-refractivity contribution in [3.8, 4) is 0 Å². The molecular weight excluding hydrogens is 984 g/mol. The third-order valence-corrected chi connectivity index (χ3v) is 14.0. The fraction of sp³-hybridized carbons (Fsp3) is 0.638. The predicted octanol–water partition coefficient (Wildman–Crippen LogP) is 19.0. The first-order valence-corrected chi connectivity index (χ1v) is 32.7. The highest BCUT2D eigenvalue weighted by Crippen LogP contribution is 2.38. The van der Waals surface area contributed by atoms with Crippen LogP contribution in [-0.4, -0.2) is 68.5 Å². The monoisotopic (exact) mass is 1100 g/mol. The zero-order valence-electron chi connectivity index (χ0n) is 50.6. The van der Waals surface area contributed by atoms with Crippen molar-refractivity contribution in [2.45, 2.75) is 244 Å². The lowest BCUT2D eigenvalue weighted by molar-refractivity contribution is -0.870. The molecule has 0 bridgehead atoms. The summed E-state index contributed by atoms with van der Waals surface area (Å²) >= 11 is 0. The molecule has 0 aliphatic carbocycles. The Labute approximate surface area is 480 Å². The lowest BCUT2D eigenvalue weighted by atomic mass is 10.0. The lowest BCUT2D eigenvalue weighted by Crippen LogP contribution is -2.45. The van der Waals surface area contributed by atoms with E-state index in [1.165, 1.54) is 103 Å². The summed E-state index contributed by atoms with van der Waals surface area (Å²) in [5.41, 5.74) is 0. The van der Waals surface area contributed by atoms with E-state index < -0.39 is 26.6 Å². The molecule has 444 valence electrons. The van der Waals surface area contributed by atoms with Crippen molar-refractivity contribution < 1.29 is 32.9 Å².